The average molecular weight is 683 g/mol. The molecule has 0 saturated carbocycles. The van der Waals surface area contributed by atoms with Crippen LogP contribution < -0.4 is 0 Å². The minimum Gasteiger partial charge on any atom is -0.0616 e. The van der Waals surface area contributed by atoms with Crippen molar-refractivity contribution in [1.29, 1.82) is 0 Å². The molecule has 0 aliphatic heterocycles. The van der Waals surface area contributed by atoms with Gasteiger partial charge in [0.05, 0.1) is 0 Å². The second-order valence-electron chi connectivity index (χ2n) is 14.5. The zero-order chi connectivity index (χ0) is 35.6. The molecule has 0 heterocycles. The van der Waals surface area contributed by atoms with Crippen molar-refractivity contribution in [2.45, 2.75) is 0 Å². The van der Waals surface area contributed by atoms with E-state index in [-0.39, 0.29) is 0 Å². The molecule has 0 saturated heterocycles. The Balaban J connectivity index is 0.924. The summed E-state index contributed by atoms with van der Waals surface area (Å²) in [6, 6.07) is 76.2. The van der Waals surface area contributed by atoms with Crippen LogP contribution in [0.4, 0.5) is 0 Å². The molecule has 0 aromatic heterocycles. The lowest BCUT2D eigenvalue weighted by molar-refractivity contribution is 1.65. The Morgan fingerprint density at radius 2 is 0.463 bits per heavy atom. The maximum Gasteiger partial charge on any atom is -0.00992 e. The van der Waals surface area contributed by atoms with E-state index in [0.29, 0.717) is 0 Å². The molecule has 11 aromatic carbocycles. The van der Waals surface area contributed by atoms with Crippen LogP contribution in [-0.4, -0.2) is 0 Å². The van der Waals surface area contributed by atoms with E-state index in [2.05, 4.69) is 206 Å². The van der Waals surface area contributed by atoms with Gasteiger partial charge >= 0.3 is 0 Å². The summed E-state index contributed by atoms with van der Waals surface area (Å²) in [5, 5.41) is 15.2. The van der Waals surface area contributed by atoms with Gasteiger partial charge in [-0.05, 0) is 146 Å². The van der Waals surface area contributed by atoms with Crippen molar-refractivity contribution >= 4 is 64.6 Å². The lowest BCUT2D eigenvalue weighted by Crippen LogP contribution is -1.87. The zero-order valence-corrected chi connectivity index (χ0v) is 29.6. The average Bonchev–Trinajstić information content (AvgIpc) is 3.24. The van der Waals surface area contributed by atoms with Crippen LogP contribution in [0.5, 0.6) is 0 Å². The van der Waals surface area contributed by atoms with E-state index in [0.717, 1.165) is 0 Å². The van der Waals surface area contributed by atoms with Crippen LogP contribution in [0.15, 0.2) is 206 Å². The van der Waals surface area contributed by atoms with Crippen LogP contribution in [0.3, 0.4) is 0 Å². The fourth-order valence-electron chi connectivity index (χ4n) is 8.55. The van der Waals surface area contributed by atoms with Crippen molar-refractivity contribution in [1.82, 2.24) is 0 Å². The van der Waals surface area contributed by atoms with Gasteiger partial charge in [-0.25, -0.2) is 0 Å². The predicted octanol–water partition coefficient (Wildman–Crippen LogP) is 15.3. The molecule has 0 fully saturated rings. The lowest BCUT2D eigenvalue weighted by Gasteiger charge is -2.14. The summed E-state index contributed by atoms with van der Waals surface area (Å²) in [5.74, 6) is 0. The summed E-state index contributed by atoms with van der Waals surface area (Å²) in [5.41, 5.74) is 9.96. The highest BCUT2D eigenvalue weighted by Crippen LogP contribution is 2.39. The lowest BCUT2D eigenvalue weighted by atomic mass is 9.90. The molecule has 0 unspecified atom stereocenters. The molecule has 0 bridgehead atoms. The Kier molecular flexibility index (Phi) is 6.97. The SMILES string of the molecule is c1ccc2cc(-c3ccc4cc(-c5ccc6c(ccc7cc(-c8ccc(-c9ccc%10ccccc%10c9)c9ccccc89)ccc76)c5)ccc4c3)ccc2c1. The maximum atomic E-state index is 2.36. The highest BCUT2D eigenvalue weighted by atomic mass is 14.2. The molecule has 0 nitrogen and oxygen atoms in total. The number of fused-ring (bicyclic) bond motifs is 7. The molecular formula is C54H34. The van der Waals surface area contributed by atoms with Crippen LogP contribution in [0.2, 0.25) is 0 Å². The molecule has 0 atom stereocenters. The summed E-state index contributed by atoms with van der Waals surface area (Å²) in [7, 11) is 0. The maximum absolute atomic E-state index is 2.36. The molecule has 0 amide bonds. The Labute approximate surface area is 314 Å². The number of hydrogen-bond acceptors (Lipinski definition) is 0. The van der Waals surface area contributed by atoms with Crippen molar-refractivity contribution in [2.24, 2.45) is 0 Å². The summed E-state index contributed by atoms with van der Waals surface area (Å²) in [6.45, 7) is 0. The van der Waals surface area contributed by atoms with E-state index in [9.17, 15) is 0 Å². The van der Waals surface area contributed by atoms with Crippen LogP contribution in [0.25, 0.3) is 109 Å². The van der Waals surface area contributed by atoms with Gasteiger partial charge in [-0.3, -0.25) is 0 Å². The van der Waals surface area contributed by atoms with E-state index >= 15 is 0 Å². The van der Waals surface area contributed by atoms with E-state index in [1.807, 2.05) is 0 Å². The van der Waals surface area contributed by atoms with Gasteiger partial charge in [0.1, 0.15) is 0 Å². The van der Waals surface area contributed by atoms with Gasteiger partial charge in [-0.15, -0.1) is 0 Å². The van der Waals surface area contributed by atoms with E-state index in [1.54, 1.807) is 0 Å². The smallest absolute Gasteiger partial charge is 0.00992 e. The monoisotopic (exact) mass is 682 g/mol. The van der Waals surface area contributed by atoms with Gasteiger partial charge in [-0.2, -0.15) is 0 Å². The van der Waals surface area contributed by atoms with E-state index in [1.165, 1.54) is 109 Å². The molecule has 250 valence electrons. The normalized spacial score (nSPS) is 11.7. The Hall–Kier alpha value is -7.02. The summed E-state index contributed by atoms with van der Waals surface area (Å²) >= 11 is 0. The number of rotatable bonds is 4. The van der Waals surface area contributed by atoms with E-state index in [4.69, 9.17) is 0 Å². The van der Waals surface area contributed by atoms with Gasteiger partial charge < -0.3 is 0 Å². The highest BCUT2D eigenvalue weighted by Gasteiger charge is 2.12. The zero-order valence-electron chi connectivity index (χ0n) is 29.6. The second kappa shape index (κ2) is 12.3. The highest BCUT2D eigenvalue weighted by molar-refractivity contribution is 6.11. The molecular weight excluding hydrogens is 649 g/mol. The second-order valence-corrected chi connectivity index (χ2v) is 14.5. The third-order valence-electron chi connectivity index (χ3n) is 11.4. The third-order valence-corrected chi connectivity index (χ3v) is 11.4. The van der Waals surface area contributed by atoms with Crippen LogP contribution in [0, 0.1) is 0 Å². The van der Waals surface area contributed by atoms with Gasteiger partial charge in [0.25, 0.3) is 0 Å². The predicted molar refractivity (Wildman–Crippen MR) is 233 cm³/mol. The first-order valence-electron chi connectivity index (χ1n) is 18.7. The van der Waals surface area contributed by atoms with Crippen molar-refractivity contribution in [2.75, 3.05) is 0 Å². The molecule has 11 aromatic rings. The molecule has 0 aliphatic rings. The number of benzene rings is 11. The fourth-order valence-corrected chi connectivity index (χ4v) is 8.55. The van der Waals surface area contributed by atoms with Crippen molar-refractivity contribution in [3.05, 3.63) is 206 Å². The van der Waals surface area contributed by atoms with Crippen LogP contribution >= 0.6 is 0 Å². The van der Waals surface area contributed by atoms with Crippen LogP contribution in [0.1, 0.15) is 0 Å². The molecule has 0 heteroatoms. The summed E-state index contributed by atoms with van der Waals surface area (Å²) in [6.07, 6.45) is 0. The van der Waals surface area contributed by atoms with Gasteiger partial charge in [0.2, 0.25) is 0 Å². The molecule has 11 rings (SSSR count). The Morgan fingerprint density at radius 1 is 0.167 bits per heavy atom. The molecule has 0 radical (unpaired) electrons. The quantitative estimate of drug-likeness (QED) is 0.162. The minimum atomic E-state index is 1.23. The van der Waals surface area contributed by atoms with Gasteiger partial charge in [0, 0.05) is 0 Å². The molecule has 54 heavy (non-hydrogen) atoms. The van der Waals surface area contributed by atoms with Crippen molar-refractivity contribution in [3.63, 3.8) is 0 Å². The first-order chi connectivity index (χ1) is 26.7. The van der Waals surface area contributed by atoms with Gasteiger partial charge in [-0.1, -0.05) is 170 Å². The molecule has 0 aliphatic carbocycles. The molecule has 0 N–H and O–H groups in total. The Bertz CT molecular complexity index is 3270. The standard InChI is InChI=1S/C54H34/c1-3-9-37-29-39(15-13-35(37)7-1)40-16-17-42-31-43(19-18-41(42)30-40)44-23-25-49-45(33-44)21-22-47-34-48(24-26-50(47)49)52-28-27-51(53-11-5-6-12-54(52)53)46-20-14-36-8-2-4-10-38(36)32-46/h1-34H. The first kappa shape index (κ1) is 30.6. The Morgan fingerprint density at radius 3 is 0.963 bits per heavy atom. The topological polar surface area (TPSA) is 0 Å². The first-order valence-corrected chi connectivity index (χ1v) is 18.7. The summed E-state index contributed by atoms with van der Waals surface area (Å²) < 4.78 is 0. The third kappa shape index (κ3) is 5.15. The largest absolute Gasteiger partial charge is 0.0616 e. The number of hydrogen-bond donors (Lipinski definition) is 0. The summed E-state index contributed by atoms with van der Waals surface area (Å²) in [4.78, 5) is 0. The van der Waals surface area contributed by atoms with Crippen molar-refractivity contribution in [3.8, 4) is 44.5 Å². The van der Waals surface area contributed by atoms with Crippen LogP contribution in [-0.2, 0) is 0 Å². The molecule has 0 spiro atoms. The van der Waals surface area contributed by atoms with Gasteiger partial charge in [0.15, 0.2) is 0 Å². The van der Waals surface area contributed by atoms with Crippen molar-refractivity contribution < 1.29 is 0 Å². The minimum absolute atomic E-state index is 1.23. The van der Waals surface area contributed by atoms with E-state index < -0.39 is 0 Å². The fraction of sp³-hybridized carbons (Fsp3) is 0.